The van der Waals surface area contributed by atoms with Gasteiger partial charge in [-0.05, 0) is 30.5 Å². The van der Waals surface area contributed by atoms with E-state index >= 15 is 0 Å². The highest BCUT2D eigenvalue weighted by atomic mass is 19.4. The van der Waals surface area contributed by atoms with E-state index in [9.17, 15) is 27.2 Å². The predicted octanol–water partition coefficient (Wildman–Crippen LogP) is 9.40. The smallest absolute Gasteiger partial charge is 0.416 e. The lowest BCUT2D eigenvalue weighted by atomic mass is 10.0. The van der Waals surface area contributed by atoms with Crippen molar-refractivity contribution in [3.63, 3.8) is 0 Å². The first-order valence-corrected chi connectivity index (χ1v) is 14.9. The van der Waals surface area contributed by atoms with Crippen LogP contribution in [0.3, 0.4) is 0 Å². The predicted molar refractivity (Wildman–Crippen MR) is 148 cm³/mol. The van der Waals surface area contributed by atoms with E-state index in [4.69, 9.17) is 4.74 Å². The van der Waals surface area contributed by atoms with Crippen molar-refractivity contribution in [3.05, 3.63) is 35.1 Å². The first kappa shape index (κ1) is 34.9. The molecule has 1 aromatic rings. The minimum absolute atomic E-state index is 0.217. The number of benzene rings is 1. The maximum absolute atomic E-state index is 13.7. The van der Waals surface area contributed by atoms with E-state index in [1.807, 2.05) is 0 Å². The number of carbonyl (C=O) groups is 2. The van der Waals surface area contributed by atoms with Gasteiger partial charge in [0.25, 0.3) is 5.91 Å². The fraction of sp³-hybridized carbons (Fsp3) is 0.742. The summed E-state index contributed by atoms with van der Waals surface area (Å²) in [6.07, 6.45) is 15.0. The summed E-state index contributed by atoms with van der Waals surface area (Å²) in [5.74, 6) is -3.14. The van der Waals surface area contributed by atoms with Crippen molar-refractivity contribution in [1.82, 2.24) is 5.32 Å². The number of hydrogen-bond acceptors (Lipinski definition) is 3. The summed E-state index contributed by atoms with van der Waals surface area (Å²) < 4.78 is 57.8. The summed E-state index contributed by atoms with van der Waals surface area (Å²) in [4.78, 5) is 25.0. The zero-order valence-corrected chi connectivity index (χ0v) is 24.1. The third-order valence-corrected chi connectivity index (χ3v) is 6.94. The van der Waals surface area contributed by atoms with Gasteiger partial charge in [-0.15, -0.1) is 0 Å². The van der Waals surface area contributed by atoms with Crippen LogP contribution < -0.4 is 5.32 Å². The normalized spacial score (nSPS) is 12.5. The lowest BCUT2D eigenvalue weighted by Gasteiger charge is -2.21. The van der Waals surface area contributed by atoms with E-state index in [-0.39, 0.29) is 12.5 Å². The van der Waals surface area contributed by atoms with Crippen LogP contribution in [0.2, 0.25) is 0 Å². The number of amides is 1. The molecular weight excluding hydrogens is 510 g/mol. The molecule has 39 heavy (non-hydrogen) atoms. The SMILES string of the molecule is CCCCCCCCCCCCCCCCCCOC(=O)C(NC(=O)c1cc(F)cc(C(F)(F)F)c1)C(C)C. The monoisotopic (exact) mass is 559 g/mol. The standard InChI is InChI=1S/C31H49F4NO3/c1-4-5-6-7-8-9-10-11-12-13-14-15-16-17-18-19-20-39-30(38)28(24(2)3)36-29(37)25-21-26(31(33,34)35)23-27(32)22-25/h21-24,28H,4-20H2,1-3H3,(H,36,37). The van der Waals surface area contributed by atoms with E-state index in [1.165, 1.54) is 77.0 Å². The van der Waals surface area contributed by atoms with Gasteiger partial charge < -0.3 is 10.1 Å². The molecule has 1 N–H and O–H groups in total. The first-order chi connectivity index (χ1) is 18.6. The highest BCUT2D eigenvalue weighted by Crippen LogP contribution is 2.30. The van der Waals surface area contributed by atoms with Crippen LogP contribution in [-0.2, 0) is 15.7 Å². The Bertz CT molecular complexity index is 827. The molecule has 8 heteroatoms. The van der Waals surface area contributed by atoms with Crippen LogP contribution in [0.15, 0.2) is 18.2 Å². The van der Waals surface area contributed by atoms with E-state index < -0.39 is 41.0 Å². The first-order valence-electron chi connectivity index (χ1n) is 14.9. The van der Waals surface area contributed by atoms with E-state index in [2.05, 4.69) is 12.2 Å². The number of unbranched alkanes of at least 4 members (excludes halogenated alkanes) is 15. The van der Waals surface area contributed by atoms with E-state index in [0.717, 1.165) is 19.3 Å². The Morgan fingerprint density at radius 3 is 1.67 bits per heavy atom. The molecule has 0 radical (unpaired) electrons. The van der Waals surface area contributed by atoms with Crippen LogP contribution in [0.5, 0.6) is 0 Å². The van der Waals surface area contributed by atoms with Crippen molar-refractivity contribution < 1.29 is 31.9 Å². The Hall–Kier alpha value is -2.12. The number of ether oxygens (including phenoxy) is 1. The average Bonchev–Trinajstić information content (AvgIpc) is 2.87. The Labute approximate surface area is 232 Å². The molecule has 0 fully saturated rings. The van der Waals surface area contributed by atoms with Gasteiger partial charge >= 0.3 is 12.1 Å². The van der Waals surface area contributed by atoms with Gasteiger partial charge in [-0.3, -0.25) is 4.79 Å². The fourth-order valence-corrected chi connectivity index (χ4v) is 4.52. The zero-order chi connectivity index (χ0) is 29.1. The Morgan fingerprint density at radius 2 is 1.23 bits per heavy atom. The van der Waals surface area contributed by atoms with Gasteiger partial charge in [-0.2, -0.15) is 13.2 Å². The molecule has 0 saturated carbocycles. The molecule has 0 spiro atoms. The molecule has 224 valence electrons. The van der Waals surface area contributed by atoms with Gasteiger partial charge in [0.15, 0.2) is 0 Å². The summed E-state index contributed by atoms with van der Waals surface area (Å²) in [7, 11) is 0. The highest BCUT2D eigenvalue weighted by Gasteiger charge is 2.33. The second-order valence-corrected chi connectivity index (χ2v) is 10.9. The number of hydrogen-bond donors (Lipinski definition) is 1. The van der Waals surface area contributed by atoms with Crippen LogP contribution >= 0.6 is 0 Å². The molecular formula is C31H49F4NO3. The van der Waals surface area contributed by atoms with E-state index in [0.29, 0.717) is 24.6 Å². The van der Waals surface area contributed by atoms with Crippen molar-refractivity contribution in [2.75, 3.05) is 6.61 Å². The molecule has 0 aromatic heterocycles. The minimum Gasteiger partial charge on any atom is -0.464 e. The summed E-state index contributed by atoms with van der Waals surface area (Å²) in [5.41, 5.74) is -1.77. The topological polar surface area (TPSA) is 55.4 Å². The van der Waals surface area contributed by atoms with Crippen LogP contribution in [0, 0.1) is 11.7 Å². The largest absolute Gasteiger partial charge is 0.464 e. The molecule has 0 aliphatic rings. The molecule has 0 heterocycles. The van der Waals surface area contributed by atoms with Gasteiger partial charge in [-0.1, -0.05) is 117 Å². The number of nitrogens with one attached hydrogen (secondary N) is 1. The molecule has 0 saturated heterocycles. The molecule has 0 aliphatic carbocycles. The van der Waals surface area contributed by atoms with Crippen LogP contribution in [0.1, 0.15) is 139 Å². The van der Waals surface area contributed by atoms with Crippen molar-refractivity contribution in [2.45, 2.75) is 136 Å². The van der Waals surface area contributed by atoms with Crippen molar-refractivity contribution in [2.24, 2.45) is 5.92 Å². The fourth-order valence-electron chi connectivity index (χ4n) is 4.52. The third-order valence-electron chi connectivity index (χ3n) is 6.94. The molecule has 0 aliphatic heterocycles. The quantitative estimate of drug-likeness (QED) is 0.0927. The second-order valence-electron chi connectivity index (χ2n) is 10.9. The third kappa shape index (κ3) is 15.9. The Balaban J connectivity index is 2.19. The molecule has 4 nitrogen and oxygen atoms in total. The van der Waals surface area contributed by atoms with Gasteiger partial charge in [0.1, 0.15) is 11.9 Å². The van der Waals surface area contributed by atoms with Crippen molar-refractivity contribution >= 4 is 11.9 Å². The molecule has 1 amide bonds. The maximum atomic E-state index is 13.7. The Morgan fingerprint density at radius 1 is 0.769 bits per heavy atom. The van der Waals surface area contributed by atoms with Crippen molar-refractivity contribution in [1.29, 1.82) is 0 Å². The number of halogens is 4. The van der Waals surface area contributed by atoms with Gasteiger partial charge in [-0.25, -0.2) is 9.18 Å². The number of esters is 1. The lowest BCUT2D eigenvalue weighted by molar-refractivity contribution is -0.147. The number of alkyl halides is 3. The molecule has 1 aromatic carbocycles. The molecule has 1 atom stereocenters. The summed E-state index contributed by atoms with van der Waals surface area (Å²) >= 11 is 0. The molecule has 1 unspecified atom stereocenters. The van der Waals surface area contributed by atoms with Crippen molar-refractivity contribution in [3.8, 4) is 0 Å². The molecule has 0 bridgehead atoms. The van der Waals surface area contributed by atoms with Crippen LogP contribution in [-0.4, -0.2) is 24.5 Å². The lowest BCUT2D eigenvalue weighted by Crippen LogP contribution is -2.45. The Kier molecular flexibility index (Phi) is 17.8. The average molecular weight is 560 g/mol. The number of carbonyl (C=O) groups excluding carboxylic acids is 2. The van der Waals surface area contributed by atoms with E-state index in [1.54, 1.807) is 13.8 Å². The van der Waals surface area contributed by atoms with Gasteiger partial charge in [0.05, 0.1) is 12.2 Å². The number of rotatable bonds is 21. The maximum Gasteiger partial charge on any atom is 0.416 e. The highest BCUT2D eigenvalue weighted by molar-refractivity contribution is 5.97. The van der Waals surface area contributed by atoms with Gasteiger partial charge in [0.2, 0.25) is 0 Å². The van der Waals surface area contributed by atoms with Gasteiger partial charge in [0, 0.05) is 5.56 Å². The second kappa shape index (κ2) is 19.9. The summed E-state index contributed by atoms with van der Waals surface area (Å²) in [6, 6.07) is 0.556. The summed E-state index contributed by atoms with van der Waals surface area (Å²) in [6.45, 7) is 5.84. The molecule has 1 rings (SSSR count). The van der Waals surface area contributed by atoms with Crippen LogP contribution in [0.4, 0.5) is 17.6 Å². The summed E-state index contributed by atoms with van der Waals surface area (Å²) in [5, 5.41) is 2.40. The van der Waals surface area contributed by atoms with Crippen LogP contribution in [0.25, 0.3) is 0 Å². The minimum atomic E-state index is -4.79. The zero-order valence-electron chi connectivity index (χ0n) is 24.1.